The minimum atomic E-state index is 0.274. The van der Waals surface area contributed by atoms with Crippen molar-refractivity contribution in [3.8, 4) is 0 Å². The van der Waals surface area contributed by atoms with E-state index in [1.54, 1.807) is 0 Å². The molecule has 1 aliphatic heterocycles. The fourth-order valence-electron chi connectivity index (χ4n) is 2.70. The van der Waals surface area contributed by atoms with Crippen molar-refractivity contribution in [2.24, 2.45) is 0 Å². The summed E-state index contributed by atoms with van der Waals surface area (Å²) in [4.78, 5) is 2.43. The third-order valence-corrected chi connectivity index (χ3v) is 3.85. The van der Waals surface area contributed by atoms with Crippen LogP contribution in [0.15, 0.2) is 18.2 Å². The van der Waals surface area contributed by atoms with Crippen LogP contribution >= 0.6 is 0 Å². The van der Waals surface area contributed by atoms with Gasteiger partial charge in [0.1, 0.15) is 0 Å². The molecule has 1 heterocycles. The largest absolute Gasteiger partial charge is 0.370 e. The lowest BCUT2D eigenvalue weighted by Gasteiger charge is -2.29. The molecule has 1 fully saturated rings. The Morgan fingerprint density at radius 1 is 1.29 bits per heavy atom. The second kappa shape index (κ2) is 4.34. The Morgan fingerprint density at radius 3 is 2.59 bits per heavy atom. The molecular weight excluding hydrogens is 208 g/mol. The van der Waals surface area contributed by atoms with Crippen LogP contribution in [0.4, 0.5) is 5.69 Å². The summed E-state index contributed by atoms with van der Waals surface area (Å²) in [6, 6.07) is 7.30. The molecule has 0 bridgehead atoms. The van der Waals surface area contributed by atoms with E-state index in [1.807, 2.05) is 0 Å². The lowest BCUT2D eigenvalue weighted by Crippen LogP contribution is -2.33. The molecule has 0 radical (unpaired) electrons. The molecule has 0 aliphatic carbocycles. The highest BCUT2D eigenvalue weighted by atomic mass is 15.2. The van der Waals surface area contributed by atoms with Crippen LogP contribution in [0.5, 0.6) is 0 Å². The third kappa shape index (κ3) is 2.63. The van der Waals surface area contributed by atoms with Crippen LogP contribution in [0.1, 0.15) is 31.4 Å². The molecule has 1 saturated heterocycles. The number of likely N-dealkylation sites (N-methyl/N-ethyl adjacent to an activating group) is 1. The van der Waals surface area contributed by atoms with E-state index < -0.39 is 0 Å². The Bertz CT molecular complexity index is 409. The average Bonchev–Trinajstić information content (AvgIpc) is 2.61. The zero-order valence-corrected chi connectivity index (χ0v) is 11.7. The Morgan fingerprint density at radius 2 is 2.00 bits per heavy atom. The molecule has 1 N–H and O–H groups in total. The first kappa shape index (κ1) is 12.4. The van der Waals surface area contributed by atoms with Crippen molar-refractivity contribution in [2.75, 3.05) is 18.5 Å². The van der Waals surface area contributed by atoms with Gasteiger partial charge in [0.15, 0.2) is 0 Å². The number of aryl methyl sites for hydroxylation is 2. The van der Waals surface area contributed by atoms with E-state index in [2.05, 4.69) is 63.2 Å². The molecule has 1 aliphatic rings. The molecule has 0 spiro atoms. The fourth-order valence-corrected chi connectivity index (χ4v) is 2.70. The number of hydrogen-bond donors (Lipinski definition) is 1. The van der Waals surface area contributed by atoms with E-state index in [0.29, 0.717) is 6.04 Å². The Labute approximate surface area is 105 Å². The molecule has 1 aromatic carbocycles. The fraction of sp³-hybridized carbons (Fsp3) is 0.600. The summed E-state index contributed by atoms with van der Waals surface area (Å²) >= 11 is 0. The number of hydrogen-bond acceptors (Lipinski definition) is 2. The van der Waals surface area contributed by atoms with Gasteiger partial charge in [0.25, 0.3) is 0 Å². The summed E-state index contributed by atoms with van der Waals surface area (Å²) in [7, 11) is 2.22. The zero-order chi connectivity index (χ0) is 12.6. The molecule has 17 heavy (non-hydrogen) atoms. The molecule has 1 aromatic rings. The quantitative estimate of drug-likeness (QED) is 0.843. The topological polar surface area (TPSA) is 15.3 Å². The second-order valence-corrected chi connectivity index (χ2v) is 6.02. The van der Waals surface area contributed by atoms with Crippen molar-refractivity contribution >= 4 is 5.69 Å². The lowest BCUT2D eigenvalue weighted by atomic mass is 10.00. The van der Waals surface area contributed by atoms with Gasteiger partial charge in [-0.3, -0.25) is 0 Å². The summed E-state index contributed by atoms with van der Waals surface area (Å²) in [5, 5.41) is 3.59. The van der Waals surface area contributed by atoms with Gasteiger partial charge in [0, 0.05) is 30.9 Å². The van der Waals surface area contributed by atoms with E-state index in [4.69, 9.17) is 0 Å². The van der Waals surface area contributed by atoms with Crippen LogP contribution < -0.4 is 10.2 Å². The van der Waals surface area contributed by atoms with Crippen LogP contribution in [0.2, 0.25) is 0 Å². The van der Waals surface area contributed by atoms with Gasteiger partial charge in [-0.25, -0.2) is 0 Å². The van der Waals surface area contributed by atoms with E-state index in [9.17, 15) is 0 Å². The number of anilines is 1. The summed E-state index contributed by atoms with van der Waals surface area (Å²) < 4.78 is 0. The van der Waals surface area contributed by atoms with Gasteiger partial charge < -0.3 is 10.2 Å². The molecular formula is C15H24N2. The molecule has 1 atom stereocenters. The Kier molecular flexibility index (Phi) is 3.17. The van der Waals surface area contributed by atoms with Crippen molar-refractivity contribution in [3.05, 3.63) is 29.3 Å². The van der Waals surface area contributed by atoms with Crippen LogP contribution in [0.25, 0.3) is 0 Å². The molecule has 2 nitrogen and oxygen atoms in total. The first-order chi connectivity index (χ1) is 7.89. The van der Waals surface area contributed by atoms with Crippen molar-refractivity contribution < 1.29 is 0 Å². The summed E-state index contributed by atoms with van der Waals surface area (Å²) in [6.07, 6.45) is 1.21. The first-order valence-electron chi connectivity index (χ1n) is 6.44. The van der Waals surface area contributed by atoms with Crippen molar-refractivity contribution in [2.45, 2.75) is 45.7 Å². The maximum atomic E-state index is 3.59. The predicted octanol–water partition coefficient (Wildman–Crippen LogP) is 2.88. The average molecular weight is 232 g/mol. The summed E-state index contributed by atoms with van der Waals surface area (Å²) in [5.41, 5.74) is 4.34. The highest BCUT2D eigenvalue weighted by Gasteiger charge is 2.32. The minimum Gasteiger partial charge on any atom is -0.370 e. The van der Waals surface area contributed by atoms with E-state index >= 15 is 0 Å². The third-order valence-electron chi connectivity index (χ3n) is 3.85. The molecule has 0 amide bonds. The number of benzene rings is 1. The number of rotatable bonds is 2. The van der Waals surface area contributed by atoms with Crippen molar-refractivity contribution in [3.63, 3.8) is 0 Å². The SMILES string of the molecule is Cc1ccc(C)c(N(C)C2CNC(C)(C)C2)c1. The second-order valence-electron chi connectivity index (χ2n) is 6.02. The Hall–Kier alpha value is -1.02. The molecule has 2 rings (SSSR count). The van der Waals surface area contributed by atoms with E-state index in [0.717, 1.165) is 6.54 Å². The summed E-state index contributed by atoms with van der Waals surface area (Å²) in [6.45, 7) is 10.00. The van der Waals surface area contributed by atoms with Gasteiger partial charge in [-0.05, 0) is 51.3 Å². The van der Waals surface area contributed by atoms with Crippen LogP contribution in [-0.4, -0.2) is 25.2 Å². The highest BCUT2D eigenvalue weighted by Crippen LogP contribution is 2.28. The molecule has 0 saturated carbocycles. The Balaban J connectivity index is 2.20. The van der Waals surface area contributed by atoms with Crippen LogP contribution in [0, 0.1) is 13.8 Å². The standard InChI is InChI=1S/C15H24N2/c1-11-6-7-12(2)14(8-11)17(5)13-9-15(3,4)16-10-13/h6-8,13,16H,9-10H2,1-5H3. The minimum absolute atomic E-state index is 0.274. The maximum absolute atomic E-state index is 3.59. The van der Waals surface area contributed by atoms with E-state index in [1.165, 1.54) is 23.2 Å². The zero-order valence-electron chi connectivity index (χ0n) is 11.7. The predicted molar refractivity (Wildman–Crippen MR) is 74.8 cm³/mol. The van der Waals surface area contributed by atoms with E-state index in [-0.39, 0.29) is 5.54 Å². The summed E-state index contributed by atoms with van der Waals surface area (Å²) in [5.74, 6) is 0. The normalized spacial score (nSPS) is 22.8. The number of nitrogens with zero attached hydrogens (tertiary/aromatic N) is 1. The van der Waals surface area contributed by atoms with Gasteiger partial charge in [-0.15, -0.1) is 0 Å². The number of nitrogens with one attached hydrogen (secondary N) is 1. The van der Waals surface area contributed by atoms with Crippen molar-refractivity contribution in [1.29, 1.82) is 0 Å². The van der Waals surface area contributed by atoms with Gasteiger partial charge >= 0.3 is 0 Å². The smallest absolute Gasteiger partial charge is 0.0428 e. The highest BCUT2D eigenvalue weighted by molar-refractivity contribution is 5.55. The lowest BCUT2D eigenvalue weighted by molar-refractivity contribution is 0.454. The first-order valence-corrected chi connectivity index (χ1v) is 6.44. The van der Waals surface area contributed by atoms with Crippen LogP contribution in [0.3, 0.4) is 0 Å². The molecule has 2 heteroatoms. The van der Waals surface area contributed by atoms with Gasteiger partial charge in [-0.2, -0.15) is 0 Å². The van der Waals surface area contributed by atoms with Gasteiger partial charge in [0.2, 0.25) is 0 Å². The maximum Gasteiger partial charge on any atom is 0.0428 e. The van der Waals surface area contributed by atoms with Crippen molar-refractivity contribution in [1.82, 2.24) is 5.32 Å². The molecule has 94 valence electrons. The monoisotopic (exact) mass is 232 g/mol. The molecule has 1 unspecified atom stereocenters. The van der Waals surface area contributed by atoms with Gasteiger partial charge in [-0.1, -0.05) is 12.1 Å². The van der Waals surface area contributed by atoms with Gasteiger partial charge in [0.05, 0.1) is 0 Å². The molecule has 0 aromatic heterocycles. The van der Waals surface area contributed by atoms with Crippen LogP contribution in [-0.2, 0) is 0 Å².